The molecule has 1 aliphatic carbocycles. The van der Waals surface area contributed by atoms with E-state index < -0.39 is 24.1 Å². The number of ether oxygens (including phenoxy) is 2. The van der Waals surface area contributed by atoms with Crippen LogP contribution in [0.3, 0.4) is 0 Å². The van der Waals surface area contributed by atoms with Crippen molar-refractivity contribution >= 4 is 40.8 Å². The first-order chi connectivity index (χ1) is 17.4. The van der Waals surface area contributed by atoms with Gasteiger partial charge in [-0.05, 0) is 11.6 Å². The smallest absolute Gasteiger partial charge is 0.410 e. The SMILES string of the molecule is COC(=O)C1=C(CN2CCN3C(=O)OCCC3C2)NC(c2nccs2)=N[C@H]1C1=C(Cl)C(C)C(F)C=C1. The Morgan fingerprint density at radius 2 is 2.25 bits per heavy atom. The average Bonchev–Trinajstić information content (AvgIpc) is 3.42. The quantitative estimate of drug-likeness (QED) is 0.579. The van der Waals surface area contributed by atoms with Crippen LogP contribution in [0.2, 0.25) is 0 Å². The van der Waals surface area contributed by atoms with Crippen molar-refractivity contribution in [3.8, 4) is 0 Å². The summed E-state index contributed by atoms with van der Waals surface area (Å²) < 4.78 is 24.7. The Bertz CT molecular complexity index is 1170. The first-order valence-corrected chi connectivity index (χ1v) is 13.1. The lowest BCUT2D eigenvalue weighted by Gasteiger charge is -2.43. The second kappa shape index (κ2) is 10.3. The Labute approximate surface area is 217 Å². The van der Waals surface area contributed by atoms with Crippen LogP contribution in [0, 0.1) is 5.92 Å². The van der Waals surface area contributed by atoms with Gasteiger partial charge in [0.25, 0.3) is 0 Å². The van der Waals surface area contributed by atoms with Crippen molar-refractivity contribution in [1.29, 1.82) is 0 Å². The third-order valence-corrected chi connectivity index (χ3v) is 8.28. The largest absolute Gasteiger partial charge is 0.466 e. The van der Waals surface area contributed by atoms with Gasteiger partial charge in [-0.15, -0.1) is 11.3 Å². The standard InChI is InChI=1S/C24H27ClFN5O4S/c1-13-16(26)4-3-15(19(13)25)20-18(23(32)34-2)17(28-21(29-20)22-27-6-10-36-22)12-30-7-8-31-14(11-30)5-9-35-24(31)33/h3-4,6,10,13-14,16,20H,5,7-9,11-12H2,1-2H3,(H,28,29)/t13?,14?,16?,20-/m0/s1. The lowest BCUT2D eigenvalue weighted by Crippen LogP contribution is -2.58. The van der Waals surface area contributed by atoms with Crippen LogP contribution in [0.25, 0.3) is 0 Å². The number of methoxy groups -OCH3 is 1. The summed E-state index contributed by atoms with van der Waals surface area (Å²) in [6.45, 7) is 4.31. The van der Waals surface area contributed by atoms with E-state index in [1.807, 2.05) is 5.38 Å². The zero-order valence-electron chi connectivity index (χ0n) is 19.9. The van der Waals surface area contributed by atoms with Gasteiger partial charge in [-0.1, -0.05) is 24.6 Å². The van der Waals surface area contributed by atoms with Gasteiger partial charge in [-0.25, -0.2) is 19.0 Å². The fourth-order valence-corrected chi connectivity index (χ4v) is 5.83. The van der Waals surface area contributed by atoms with Crippen LogP contribution in [0.1, 0.15) is 18.4 Å². The van der Waals surface area contributed by atoms with Crippen LogP contribution in [0.15, 0.2) is 50.6 Å². The zero-order chi connectivity index (χ0) is 25.4. The molecule has 12 heteroatoms. The normalized spacial score (nSPS) is 28.9. The minimum absolute atomic E-state index is 0.0504. The molecule has 0 bridgehead atoms. The number of nitrogens with zero attached hydrogens (tertiary/aromatic N) is 4. The van der Waals surface area contributed by atoms with E-state index in [1.165, 1.54) is 24.5 Å². The first kappa shape index (κ1) is 24.9. The van der Waals surface area contributed by atoms with E-state index in [0.717, 1.165) is 6.42 Å². The Balaban J connectivity index is 1.52. The fourth-order valence-electron chi connectivity index (χ4n) is 4.95. The molecule has 1 aromatic heterocycles. The molecule has 36 heavy (non-hydrogen) atoms. The molecule has 2 fully saturated rings. The molecule has 0 spiro atoms. The van der Waals surface area contributed by atoms with Gasteiger partial charge in [-0.2, -0.15) is 0 Å². The van der Waals surface area contributed by atoms with E-state index in [2.05, 4.69) is 15.2 Å². The summed E-state index contributed by atoms with van der Waals surface area (Å²) in [7, 11) is 1.32. The molecule has 1 amide bonds. The number of amidine groups is 1. The summed E-state index contributed by atoms with van der Waals surface area (Å²) >= 11 is 8.04. The summed E-state index contributed by atoms with van der Waals surface area (Å²) in [6, 6.07) is -0.730. The molecule has 4 aliphatic rings. The molecule has 3 aliphatic heterocycles. The van der Waals surface area contributed by atoms with E-state index >= 15 is 0 Å². The Morgan fingerprint density at radius 3 is 3.00 bits per heavy atom. The number of fused-ring (bicyclic) bond motifs is 1. The third kappa shape index (κ3) is 4.67. The summed E-state index contributed by atoms with van der Waals surface area (Å²) in [4.78, 5) is 38.4. The molecule has 9 nitrogen and oxygen atoms in total. The predicted molar refractivity (Wildman–Crippen MR) is 134 cm³/mol. The first-order valence-electron chi connectivity index (χ1n) is 11.8. The van der Waals surface area contributed by atoms with Gasteiger partial charge in [0, 0.05) is 60.8 Å². The third-order valence-electron chi connectivity index (χ3n) is 6.93. The highest BCUT2D eigenvalue weighted by atomic mass is 35.5. The maximum Gasteiger partial charge on any atom is 0.410 e. The number of esters is 1. The Morgan fingerprint density at radius 1 is 1.42 bits per heavy atom. The number of cyclic esters (lactones) is 1. The highest BCUT2D eigenvalue weighted by Crippen LogP contribution is 2.37. The number of allylic oxidation sites excluding steroid dienone is 2. The lowest BCUT2D eigenvalue weighted by molar-refractivity contribution is -0.136. The monoisotopic (exact) mass is 535 g/mol. The predicted octanol–water partition coefficient (Wildman–Crippen LogP) is 2.85. The van der Waals surface area contributed by atoms with Gasteiger partial charge >= 0.3 is 12.1 Å². The van der Waals surface area contributed by atoms with Gasteiger partial charge in [0.05, 0.1) is 25.3 Å². The maximum atomic E-state index is 14.3. The van der Waals surface area contributed by atoms with Crippen LogP contribution in [-0.4, -0.2) is 90.8 Å². The number of thiazole rings is 1. The molecule has 5 rings (SSSR count). The van der Waals surface area contributed by atoms with Gasteiger partial charge in [0.2, 0.25) is 0 Å². The van der Waals surface area contributed by atoms with Crippen molar-refractivity contribution in [3.63, 3.8) is 0 Å². The van der Waals surface area contributed by atoms with Crippen LogP contribution in [0.4, 0.5) is 9.18 Å². The van der Waals surface area contributed by atoms with Gasteiger partial charge in [-0.3, -0.25) is 9.89 Å². The van der Waals surface area contributed by atoms with Gasteiger partial charge in [0.15, 0.2) is 10.8 Å². The second-order valence-corrected chi connectivity index (χ2v) is 10.4. The lowest BCUT2D eigenvalue weighted by atomic mass is 9.87. The van der Waals surface area contributed by atoms with Crippen molar-refractivity contribution in [2.45, 2.75) is 31.6 Å². The average molecular weight is 536 g/mol. The topological polar surface area (TPSA) is 96.4 Å². The number of rotatable bonds is 5. The Hall–Kier alpha value is -2.76. The fraction of sp³-hybridized carbons (Fsp3) is 0.500. The number of piperazine rings is 1. The van der Waals surface area contributed by atoms with E-state index in [-0.39, 0.29) is 12.1 Å². The van der Waals surface area contributed by atoms with Crippen LogP contribution < -0.4 is 5.32 Å². The van der Waals surface area contributed by atoms with Crippen molar-refractivity contribution in [3.05, 3.63) is 50.6 Å². The molecule has 4 atom stereocenters. The highest BCUT2D eigenvalue weighted by Gasteiger charge is 2.39. The number of aliphatic imine (C=N–C) groups is 1. The Kier molecular flexibility index (Phi) is 7.14. The van der Waals surface area contributed by atoms with Crippen LogP contribution in [0.5, 0.6) is 0 Å². The van der Waals surface area contributed by atoms with E-state index in [0.29, 0.717) is 65.5 Å². The molecule has 4 heterocycles. The van der Waals surface area contributed by atoms with E-state index in [4.69, 9.17) is 26.1 Å². The summed E-state index contributed by atoms with van der Waals surface area (Å²) in [5.74, 6) is -0.579. The number of nitrogens with one attached hydrogen (secondary N) is 1. The summed E-state index contributed by atoms with van der Waals surface area (Å²) in [5, 5.41) is 6.15. The molecule has 1 aromatic rings. The minimum Gasteiger partial charge on any atom is -0.466 e. The molecule has 0 radical (unpaired) electrons. The molecule has 3 unspecified atom stereocenters. The number of halogens is 2. The van der Waals surface area contributed by atoms with Gasteiger partial charge in [0.1, 0.15) is 12.2 Å². The van der Waals surface area contributed by atoms with Crippen molar-refractivity contribution in [2.24, 2.45) is 10.9 Å². The number of alkyl halides is 1. The number of carbonyl (C=O) groups is 2. The van der Waals surface area contributed by atoms with Crippen LogP contribution >= 0.6 is 22.9 Å². The number of hydrogen-bond donors (Lipinski definition) is 1. The highest BCUT2D eigenvalue weighted by molar-refractivity contribution is 7.11. The number of amides is 1. The maximum absolute atomic E-state index is 14.3. The van der Waals surface area contributed by atoms with E-state index in [1.54, 1.807) is 24.1 Å². The molecule has 0 saturated carbocycles. The van der Waals surface area contributed by atoms with E-state index in [9.17, 15) is 14.0 Å². The van der Waals surface area contributed by atoms with Crippen LogP contribution in [-0.2, 0) is 14.3 Å². The summed E-state index contributed by atoms with van der Waals surface area (Å²) in [6.07, 6.45) is 4.00. The van der Waals surface area contributed by atoms with Gasteiger partial charge < -0.3 is 19.7 Å². The number of carbonyl (C=O) groups excluding carboxylic acids is 2. The van der Waals surface area contributed by atoms with Crippen molar-refractivity contribution in [1.82, 2.24) is 20.1 Å². The molecular weight excluding hydrogens is 509 g/mol. The second-order valence-electron chi connectivity index (χ2n) is 9.11. The molecule has 192 valence electrons. The molecule has 0 aromatic carbocycles. The van der Waals surface area contributed by atoms with Crippen molar-refractivity contribution < 1.29 is 23.5 Å². The zero-order valence-corrected chi connectivity index (χ0v) is 21.5. The summed E-state index contributed by atoms with van der Waals surface area (Å²) in [5.41, 5.74) is 1.51. The number of hydrogen-bond acceptors (Lipinski definition) is 9. The minimum atomic E-state index is -1.21. The molecular formula is C24H27ClFN5O4S. The molecule has 2 saturated heterocycles. The molecule has 1 N–H and O–H groups in total. The number of aromatic nitrogens is 1. The van der Waals surface area contributed by atoms with Crippen molar-refractivity contribution in [2.75, 3.05) is 39.9 Å².